The van der Waals surface area contributed by atoms with E-state index in [1.807, 2.05) is 54.6 Å². The summed E-state index contributed by atoms with van der Waals surface area (Å²) in [6, 6.07) is 16.7. The van der Waals surface area contributed by atoms with Gasteiger partial charge in [0.05, 0.1) is 12.5 Å². The number of carbonyl (C=O) groups excluding carboxylic acids is 2. The van der Waals surface area contributed by atoms with Gasteiger partial charge in [0.25, 0.3) is 0 Å². The molecule has 0 aliphatic carbocycles. The third-order valence-electron chi connectivity index (χ3n) is 4.04. The van der Waals surface area contributed by atoms with E-state index in [1.54, 1.807) is 6.20 Å². The first-order chi connectivity index (χ1) is 13.5. The van der Waals surface area contributed by atoms with Crippen molar-refractivity contribution >= 4 is 39.9 Å². The Morgan fingerprint density at radius 2 is 1.93 bits per heavy atom. The molecule has 0 fully saturated rings. The van der Waals surface area contributed by atoms with Crippen molar-refractivity contribution in [2.75, 3.05) is 5.32 Å². The van der Waals surface area contributed by atoms with Gasteiger partial charge in [0.2, 0.25) is 11.8 Å². The summed E-state index contributed by atoms with van der Waals surface area (Å²) in [6.45, 7) is 1.44. The predicted octanol–water partition coefficient (Wildman–Crippen LogP) is 4.59. The van der Waals surface area contributed by atoms with Gasteiger partial charge >= 0.3 is 0 Å². The van der Waals surface area contributed by atoms with Crippen molar-refractivity contribution in [2.24, 2.45) is 0 Å². The number of amides is 2. The highest BCUT2D eigenvalue weighted by Gasteiger charge is 2.18. The normalized spacial score (nSPS) is 11.6. The number of nitrogens with zero attached hydrogens (tertiary/aromatic N) is 1. The second kappa shape index (κ2) is 9.48. The minimum atomic E-state index is -0.385. The lowest BCUT2D eigenvalue weighted by Crippen LogP contribution is -2.29. The quantitative estimate of drug-likeness (QED) is 0.594. The number of halogens is 1. The molecule has 1 atom stereocenters. The zero-order valence-corrected chi connectivity index (χ0v) is 16.9. The van der Waals surface area contributed by atoms with Crippen LogP contribution < -0.4 is 10.6 Å². The Hall–Kier alpha value is -2.70. The van der Waals surface area contributed by atoms with E-state index in [4.69, 9.17) is 11.6 Å². The van der Waals surface area contributed by atoms with Gasteiger partial charge in [0.1, 0.15) is 0 Å². The maximum atomic E-state index is 12.5. The molecule has 0 aliphatic heterocycles. The molecule has 5 nitrogen and oxygen atoms in total. The average molecular weight is 414 g/mol. The van der Waals surface area contributed by atoms with Gasteiger partial charge in [-0.1, -0.05) is 54.1 Å². The molecular weight excluding hydrogens is 394 g/mol. The van der Waals surface area contributed by atoms with Crippen molar-refractivity contribution in [3.63, 3.8) is 0 Å². The predicted molar refractivity (Wildman–Crippen MR) is 113 cm³/mol. The van der Waals surface area contributed by atoms with Crippen LogP contribution in [0.4, 0.5) is 5.13 Å². The molecule has 1 aromatic heterocycles. The molecule has 28 heavy (non-hydrogen) atoms. The zero-order valence-electron chi connectivity index (χ0n) is 15.3. The van der Waals surface area contributed by atoms with Crippen molar-refractivity contribution in [1.29, 1.82) is 0 Å². The van der Waals surface area contributed by atoms with Crippen LogP contribution in [0.5, 0.6) is 0 Å². The molecule has 0 saturated carbocycles. The Morgan fingerprint density at radius 1 is 1.14 bits per heavy atom. The first kappa shape index (κ1) is 20.0. The lowest BCUT2D eigenvalue weighted by Gasteiger charge is -2.17. The summed E-state index contributed by atoms with van der Waals surface area (Å²) in [6.07, 6.45) is 2.59. The lowest BCUT2D eigenvalue weighted by atomic mass is 10.0. The number of hydrogen-bond acceptors (Lipinski definition) is 4. The average Bonchev–Trinajstić information content (AvgIpc) is 3.08. The van der Waals surface area contributed by atoms with Crippen LogP contribution >= 0.6 is 22.9 Å². The summed E-state index contributed by atoms with van der Waals surface area (Å²) < 4.78 is 0. The first-order valence-electron chi connectivity index (χ1n) is 8.80. The Balaban J connectivity index is 1.62. The number of carbonyl (C=O) groups is 2. The van der Waals surface area contributed by atoms with Gasteiger partial charge in [-0.2, -0.15) is 0 Å². The summed E-state index contributed by atoms with van der Waals surface area (Å²) >= 11 is 7.45. The van der Waals surface area contributed by atoms with E-state index in [-0.39, 0.29) is 24.3 Å². The third-order valence-corrected chi connectivity index (χ3v) is 5.18. The van der Waals surface area contributed by atoms with E-state index >= 15 is 0 Å². The first-order valence-corrected chi connectivity index (χ1v) is 10.00. The largest absolute Gasteiger partial charge is 0.349 e. The highest BCUT2D eigenvalue weighted by molar-refractivity contribution is 7.15. The van der Waals surface area contributed by atoms with Crippen LogP contribution in [0, 0.1) is 0 Å². The molecule has 0 radical (unpaired) electrons. The van der Waals surface area contributed by atoms with Crippen LogP contribution in [-0.4, -0.2) is 16.8 Å². The van der Waals surface area contributed by atoms with Crippen LogP contribution in [0.15, 0.2) is 60.8 Å². The molecule has 2 aromatic carbocycles. The summed E-state index contributed by atoms with van der Waals surface area (Å²) in [5.74, 6) is -0.383. The summed E-state index contributed by atoms with van der Waals surface area (Å²) in [5, 5.41) is 6.88. The van der Waals surface area contributed by atoms with Gasteiger partial charge in [0, 0.05) is 29.4 Å². The SMILES string of the molecule is CC(=O)NC(CC(=O)Nc1ncc(Cc2cccc(Cl)c2)s1)c1ccccc1. The standard InChI is InChI=1S/C21H20ClN3O2S/c1-14(26)24-19(16-7-3-2-4-8-16)12-20(27)25-21-23-13-18(28-21)11-15-6-5-9-17(22)10-15/h2-10,13,19H,11-12H2,1H3,(H,24,26)(H,23,25,27). The molecule has 0 bridgehead atoms. The minimum Gasteiger partial charge on any atom is -0.349 e. The van der Waals surface area contributed by atoms with E-state index in [0.717, 1.165) is 16.0 Å². The second-order valence-electron chi connectivity index (χ2n) is 6.35. The Bertz CT molecular complexity index is 959. The monoisotopic (exact) mass is 413 g/mol. The number of nitrogens with one attached hydrogen (secondary N) is 2. The molecule has 2 amide bonds. The molecule has 144 valence electrons. The Morgan fingerprint density at radius 3 is 2.64 bits per heavy atom. The number of thiazole rings is 1. The molecule has 1 heterocycles. The molecule has 3 aromatic rings. The molecule has 0 aliphatic rings. The van der Waals surface area contributed by atoms with E-state index in [1.165, 1.54) is 18.3 Å². The van der Waals surface area contributed by atoms with E-state index < -0.39 is 0 Å². The number of anilines is 1. The fraction of sp³-hybridized carbons (Fsp3) is 0.190. The van der Waals surface area contributed by atoms with Gasteiger partial charge < -0.3 is 10.6 Å². The fourth-order valence-corrected chi connectivity index (χ4v) is 3.91. The fourth-order valence-electron chi connectivity index (χ4n) is 2.83. The van der Waals surface area contributed by atoms with Crippen LogP contribution in [0.3, 0.4) is 0 Å². The van der Waals surface area contributed by atoms with E-state index in [9.17, 15) is 9.59 Å². The van der Waals surface area contributed by atoms with E-state index in [0.29, 0.717) is 16.6 Å². The third kappa shape index (κ3) is 5.90. The maximum Gasteiger partial charge on any atom is 0.228 e. The summed E-state index contributed by atoms with van der Waals surface area (Å²) in [5.41, 5.74) is 1.97. The topological polar surface area (TPSA) is 71.1 Å². The van der Waals surface area contributed by atoms with Crippen LogP contribution in [0.2, 0.25) is 5.02 Å². The summed E-state index contributed by atoms with van der Waals surface area (Å²) in [4.78, 5) is 29.3. The Kier molecular flexibility index (Phi) is 6.79. The molecule has 7 heteroatoms. The van der Waals surface area contributed by atoms with Gasteiger partial charge in [-0.25, -0.2) is 4.98 Å². The molecule has 2 N–H and O–H groups in total. The van der Waals surface area contributed by atoms with Gasteiger partial charge in [0.15, 0.2) is 5.13 Å². The number of hydrogen-bond donors (Lipinski definition) is 2. The van der Waals surface area contributed by atoms with Crippen LogP contribution in [0.1, 0.15) is 35.4 Å². The number of rotatable bonds is 7. The lowest BCUT2D eigenvalue weighted by molar-refractivity contribution is -0.120. The molecule has 0 saturated heterocycles. The maximum absolute atomic E-state index is 12.5. The second-order valence-corrected chi connectivity index (χ2v) is 7.91. The van der Waals surface area contributed by atoms with Gasteiger partial charge in [-0.15, -0.1) is 11.3 Å². The van der Waals surface area contributed by atoms with Crippen molar-refractivity contribution in [3.8, 4) is 0 Å². The van der Waals surface area contributed by atoms with E-state index in [2.05, 4.69) is 15.6 Å². The highest BCUT2D eigenvalue weighted by atomic mass is 35.5. The highest BCUT2D eigenvalue weighted by Crippen LogP contribution is 2.24. The number of aromatic nitrogens is 1. The van der Waals surface area contributed by atoms with Crippen molar-refractivity contribution in [1.82, 2.24) is 10.3 Å². The molecular formula is C21H20ClN3O2S. The number of benzene rings is 2. The molecule has 0 spiro atoms. The van der Waals surface area contributed by atoms with Gasteiger partial charge in [-0.05, 0) is 23.3 Å². The summed E-state index contributed by atoms with van der Waals surface area (Å²) in [7, 11) is 0. The van der Waals surface area contributed by atoms with Crippen molar-refractivity contribution in [3.05, 3.63) is 81.8 Å². The zero-order chi connectivity index (χ0) is 19.9. The van der Waals surface area contributed by atoms with Gasteiger partial charge in [-0.3, -0.25) is 9.59 Å². The van der Waals surface area contributed by atoms with Crippen LogP contribution in [0.25, 0.3) is 0 Å². The van der Waals surface area contributed by atoms with Crippen molar-refractivity contribution < 1.29 is 9.59 Å². The van der Waals surface area contributed by atoms with Crippen molar-refractivity contribution in [2.45, 2.75) is 25.8 Å². The Labute approximate surface area is 172 Å². The van der Waals surface area contributed by atoms with Crippen LogP contribution in [-0.2, 0) is 16.0 Å². The molecule has 3 rings (SSSR count). The minimum absolute atomic E-state index is 0.132. The smallest absolute Gasteiger partial charge is 0.228 e. The molecule has 1 unspecified atom stereocenters.